The Hall–Kier alpha value is -3.86. The monoisotopic (exact) mass is 491 g/mol. The second kappa shape index (κ2) is 9.55. The van der Waals surface area contributed by atoms with E-state index in [1.54, 1.807) is 0 Å². The maximum absolute atomic E-state index is 13.9. The molecule has 1 fully saturated rings. The molecule has 6 rings (SSSR count). The van der Waals surface area contributed by atoms with Crippen LogP contribution >= 0.6 is 0 Å². The minimum Gasteiger partial charge on any atom is -0.352 e. The number of fused-ring (bicyclic) bond motifs is 2. The molecule has 0 radical (unpaired) electrons. The van der Waals surface area contributed by atoms with Crippen molar-refractivity contribution in [2.45, 2.75) is 57.2 Å². The number of nitrogens with one attached hydrogen (secondary N) is 1. The topological polar surface area (TPSA) is 54.3 Å². The molecule has 37 heavy (non-hydrogen) atoms. The van der Waals surface area contributed by atoms with E-state index in [0.717, 1.165) is 59.0 Å². The van der Waals surface area contributed by atoms with E-state index in [0.29, 0.717) is 5.56 Å². The summed E-state index contributed by atoms with van der Waals surface area (Å²) in [7, 11) is 2.08. The summed E-state index contributed by atoms with van der Waals surface area (Å²) in [6.45, 7) is 1.88. The fraction of sp³-hybridized carbons (Fsp3) is 0.312. The van der Waals surface area contributed by atoms with Crippen molar-refractivity contribution in [1.82, 2.24) is 14.8 Å². The minimum atomic E-state index is -0.602. The molecule has 2 unspecified atom stereocenters. The number of nitrogens with zero attached hydrogens (tertiary/aromatic N) is 2. The molecule has 2 atom stereocenters. The van der Waals surface area contributed by atoms with Crippen molar-refractivity contribution >= 4 is 22.7 Å². The summed E-state index contributed by atoms with van der Waals surface area (Å²) in [6, 6.07) is 25.7. The summed E-state index contributed by atoms with van der Waals surface area (Å²) < 4.78 is 2.22. The number of hydrogen-bond acceptors (Lipinski definition) is 2. The summed E-state index contributed by atoms with van der Waals surface area (Å²) >= 11 is 0. The zero-order valence-electron chi connectivity index (χ0n) is 21.5. The second-order valence-corrected chi connectivity index (χ2v) is 10.4. The SMILES string of the molecule is CC(C(=O)NC1CCCCC1)N1C(=O)c2ccccc2C1c1c(-c2ccccc2)n(C)c2ccccc12. The van der Waals surface area contributed by atoms with E-state index >= 15 is 0 Å². The van der Waals surface area contributed by atoms with Crippen molar-refractivity contribution < 1.29 is 9.59 Å². The highest BCUT2D eigenvalue weighted by atomic mass is 16.2. The summed E-state index contributed by atoms with van der Waals surface area (Å²) in [5, 5.41) is 4.37. The van der Waals surface area contributed by atoms with Crippen LogP contribution in [-0.2, 0) is 11.8 Å². The van der Waals surface area contributed by atoms with Gasteiger partial charge in [0, 0.05) is 35.1 Å². The van der Waals surface area contributed by atoms with Gasteiger partial charge in [0.1, 0.15) is 6.04 Å². The molecule has 3 aromatic carbocycles. The van der Waals surface area contributed by atoms with Crippen LogP contribution in [0.15, 0.2) is 78.9 Å². The molecule has 2 amide bonds. The Balaban J connectivity index is 1.52. The average Bonchev–Trinajstić information content (AvgIpc) is 3.40. The van der Waals surface area contributed by atoms with Gasteiger partial charge in [0.05, 0.1) is 11.7 Å². The summed E-state index contributed by atoms with van der Waals surface area (Å²) in [4.78, 5) is 29.4. The Morgan fingerprint density at radius 2 is 1.57 bits per heavy atom. The van der Waals surface area contributed by atoms with Crippen molar-refractivity contribution in [3.8, 4) is 11.3 Å². The van der Waals surface area contributed by atoms with Crippen molar-refractivity contribution in [1.29, 1.82) is 0 Å². The Morgan fingerprint density at radius 3 is 2.35 bits per heavy atom. The quantitative estimate of drug-likeness (QED) is 0.360. The van der Waals surface area contributed by atoms with Crippen LogP contribution in [0.2, 0.25) is 0 Å². The van der Waals surface area contributed by atoms with Gasteiger partial charge in [-0.15, -0.1) is 0 Å². The molecule has 1 saturated carbocycles. The summed E-state index contributed by atoms with van der Waals surface area (Å²) in [6.07, 6.45) is 5.54. The predicted molar refractivity (Wildman–Crippen MR) is 147 cm³/mol. The van der Waals surface area contributed by atoms with Gasteiger partial charge in [-0.1, -0.05) is 86.0 Å². The van der Waals surface area contributed by atoms with Crippen LogP contribution < -0.4 is 5.32 Å². The van der Waals surface area contributed by atoms with Gasteiger partial charge < -0.3 is 14.8 Å². The second-order valence-electron chi connectivity index (χ2n) is 10.4. The minimum absolute atomic E-state index is 0.0699. The number of carbonyl (C=O) groups excluding carboxylic acids is 2. The number of rotatable bonds is 5. The third-order valence-electron chi connectivity index (χ3n) is 8.21. The molecule has 5 heteroatoms. The molecule has 4 aromatic rings. The molecule has 2 aliphatic rings. The van der Waals surface area contributed by atoms with Crippen LogP contribution in [0, 0.1) is 0 Å². The highest BCUT2D eigenvalue weighted by Gasteiger charge is 2.44. The lowest BCUT2D eigenvalue weighted by atomic mass is 9.92. The number of aryl methyl sites for hydroxylation is 1. The van der Waals surface area contributed by atoms with Crippen LogP contribution in [0.1, 0.15) is 66.6 Å². The highest BCUT2D eigenvalue weighted by Crippen LogP contribution is 2.47. The zero-order chi connectivity index (χ0) is 25.5. The first-order valence-corrected chi connectivity index (χ1v) is 13.4. The van der Waals surface area contributed by atoms with Crippen molar-refractivity contribution in [3.63, 3.8) is 0 Å². The van der Waals surface area contributed by atoms with Crippen LogP contribution in [-0.4, -0.2) is 33.4 Å². The largest absolute Gasteiger partial charge is 0.352 e. The molecule has 5 nitrogen and oxygen atoms in total. The standard InChI is InChI=1S/C32H33N3O2/c1-21(31(36)33-23-15-7-4-8-16-23)35-30(24-17-9-10-18-25(24)32(35)37)28-26-19-11-12-20-27(26)34(2)29(28)22-13-5-3-6-14-22/h3,5-6,9-14,17-21,23,30H,4,7-8,15-16H2,1-2H3,(H,33,36). The van der Waals surface area contributed by atoms with Crippen LogP contribution in [0.4, 0.5) is 0 Å². The lowest BCUT2D eigenvalue weighted by molar-refractivity contribution is -0.126. The Morgan fingerprint density at radius 1 is 0.892 bits per heavy atom. The smallest absolute Gasteiger partial charge is 0.255 e. The zero-order valence-corrected chi connectivity index (χ0v) is 21.5. The van der Waals surface area contributed by atoms with Gasteiger partial charge in [-0.25, -0.2) is 0 Å². The third kappa shape index (κ3) is 3.93. The fourth-order valence-electron chi connectivity index (χ4n) is 6.37. The number of aromatic nitrogens is 1. The number of benzene rings is 3. The number of hydrogen-bond donors (Lipinski definition) is 1. The molecule has 2 heterocycles. The van der Waals surface area contributed by atoms with E-state index in [2.05, 4.69) is 41.2 Å². The van der Waals surface area contributed by atoms with Crippen LogP contribution in [0.5, 0.6) is 0 Å². The first-order valence-electron chi connectivity index (χ1n) is 13.4. The van der Waals surface area contributed by atoms with E-state index in [-0.39, 0.29) is 23.9 Å². The Labute approximate surface area is 218 Å². The van der Waals surface area contributed by atoms with Crippen molar-refractivity contribution in [3.05, 3.63) is 95.6 Å². The van der Waals surface area contributed by atoms with Crippen LogP contribution in [0.3, 0.4) is 0 Å². The molecule has 0 saturated heterocycles. The maximum atomic E-state index is 13.9. The van der Waals surface area contributed by atoms with Gasteiger partial charge in [-0.05, 0) is 43.0 Å². The average molecular weight is 492 g/mol. The van der Waals surface area contributed by atoms with Gasteiger partial charge in [-0.2, -0.15) is 0 Å². The molecule has 1 aliphatic carbocycles. The van der Waals surface area contributed by atoms with Gasteiger partial charge in [-0.3, -0.25) is 9.59 Å². The van der Waals surface area contributed by atoms with Gasteiger partial charge in [0.2, 0.25) is 5.91 Å². The number of amides is 2. The number of para-hydroxylation sites is 1. The molecule has 1 N–H and O–H groups in total. The Kier molecular flexibility index (Phi) is 6.07. The lowest BCUT2D eigenvalue weighted by Gasteiger charge is -2.33. The van der Waals surface area contributed by atoms with E-state index in [1.165, 1.54) is 6.42 Å². The molecule has 0 bridgehead atoms. The normalized spacial score (nSPS) is 18.7. The summed E-state index contributed by atoms with van der Waals surface area (Å²) in [5.74, 6) is -0.154. The number of carbonyl (C=O) groups is 2. The van der Waals surface area contributed by atoms with Gasteiger partial charge in [0.25, 0.3) is 5.91 Å². The third-order valence-corrected chi connectivity index (χ3v) is 8.21. The maximum Gasteiger partial charge on any atom is 0.255 e. The fourth-order valence-corrected chi connectivity index (χ4v) is 6.37. The molecule has 0 spiro atoms. The van der Waals surface area contributed by atoms with Gasteiger partial charge >= 0.3 is 0 Å². The first-order chi connectivity index (χ1) is 18.1. The van der Waals surface area contributed by atoms with Crippen molar-refractivity contribution in [2.75, 3.05) is 0 Å². The highest BCUT2D eigenvalue weighted by molar-refractivity contribution is 6.04. The molecular weight excluding hydrogens is 458 g/mol. The molecule has 188 valence electrons. The van der Waals surface area contributed by atoms with Gasteiger partial charge in [0.15, 0.2) is 0 Å². The summed E-state index contributed by atoms with van der Waals surface area (Å²) in [5.41, 5.74) is 5.97. The molecule has 1 aliphatic heterocycles. The molecule has 1 aromatic heterocycles. The molecular formula is C32H33N3O2. The lowest BCUT2D eigenvalue weighted by Crippen LogP contribution is -2.50. The van der Waals surface area contributed by atoms with Crippen LogP contribution in [0.25, 0.3) is 22.2 Å². The Bertz CT molecular complexity index is 1470. The first kappa shape index (κ1) is 23.5. The predicted octanol–water partition coefficient (Wildman–Crippen LogP) is 6.23. The van der Waals surface area contributed by atoms with E-state index in [1.807, 2.05) is 66.4 Å². The van der Waals surface area contributed by atoms with E-state index < -0.39 is 6.04 Å². The van der Waals surface area contributed by atoms with Crippen molar-refractivity contribution in [2.24, 2.45) is 7.05 Å². The van der Waals surface area contributed by atoms with E-state index in [9.17, 15) is 9.59 Å². The van der Waals surface area contributed by atoms with E-state index in [4.69, 9.17) is 0 Å².